The number of amides is 1. The van der Waals surface area contributed by atoms with Crippen LogP contribution in [0.25, 0.3) is 0 Å². The molecule has 0 aromatic rings. The summed E-state index contributed by atoms with van der Waals surface area (Å²) in [4.78, 5) is 22.7. The highest BCUT2D eigenvalue weighted by atomic mass is 31.2. The van der Waals surface area contributed by atoms with Crippen LogP contribution < -0.4 is 11.1 Å². The van der Waals surface area contributed by atoms with Gasteiger partial charge < -0.3 is 21.1 Å². The lowest BCUT2D eigenvalue weighted by Gasteiger charge is -2.23. The van der Waals surface area contributed by atoms with Crippen LogP contribution in [-0.2, 0) is 18.4 Å². The van der Waals surface area contributed by atoms with Crippen LogP contribution >= 0.6 is 7.82 Å². The van der Waals surface area contributed by atoms with Crippen LogP contribution in [0, 0.1) is 0 Å². The molecule has 0 spiro atoms. The number of rotatable bonds is 44. The predicted molar refractivity (Wildman–Crippen MR) is 231 cm³/mol. The van der Waals surface area contributed by atoms with Crippen molar-refractivity contribution in [3.05, 3.63) is 12.2 Å². The molecule has 54 heavy (non-hydrogen) atoms. The van der Waals surface area contributed by atoms with Gasteiger partial charge in [0.25, 0.3) is 0 Å². The van der Waals surface area contributed by atoms with Crippen LogP contribution in [0.4, 0.5) is 0 Å². The second kappa shape index (κ2) is 41.9. The SMILES string of the molecule is CCCCCCCCCCCCCCC/C=C/C(O)C(COP(=O)(O)OCCN)NC(=O)CCCCCCCCCCCCCCCCCCCCCC. The van der Waals surface area contributed by atoms with Gasteiger partial charge in [0, 0.05) is 13.0 Å². The number of nitrogens with two attached hydrogens (primary N) is 1. The van der Waals surface area contributed by atoms with Crippen molar-refractivity contribution in [1.29, 1.82) is 0 Å². The van der Waals surface area contributed by atoms with Crippen molar-refractivity contribution in [3.63, 3.8) is 0 Å². The van der Waals surface area contributed by atoms with E-state index in [1.54, 1.807) is 6.08 Å². The first-order chi connectivity index (χ1) is 26.4. The zero-order valence-corrected chi connectivity index (χ0v) is 36.6. The highest BCUT2D eigenvalue weighted by Crippen LogP contribution is 2.43. The van der Waals surface area contributed by atoms with E-state index in [-0.39, 0.29) is 25.7 Å². The number of carbonyl (C=O) groups is 1. The van der Waals surface area contributed by atoms with Crippen molar-refractivity contribution in [1.82, 2.24) is 5.32 Å². The summed E-state index contributed by atoms with van der Waals surface area (Å²) in [6, 6.07) is -0.854. The van der Waals surface area contributed by atoms with Gasteiger partial charge in [-0.2, -0.15) is 0 Å². The van der Waals surface area contributed by atoms with Crippen LogP contribution in [-0.4, -0.2) is 47.8 Å². The largest absolute Gasteiger partial charge is 0.472 e. The average Bonchev–Trinajstić information content (AvgIpc) is 3.16. The molecule has 0 rings (SSSR count). The first-order valence-electron chi connectivity index (χ1n) is 23.3. The van der Waals surface area contributed by atoms with E-state index in [0.717, 1.165) is 38.5 Å². The third-order valence-electron chi connectivity index (χ3n) is 10.6. The number of aliphatic hydroxyl groups is 1. The van der Waals surface area contributed by atoms with E-state index < -0.39 is 20.0 Å². The smallest absolute Gasteiger partial charge is 0.387 e. The van der Waals surface area contributed by atoms with Gasteiger partial charge in [-0.3, -0.25) is 13.8 Å². The molecule has 0 aliphatic rings. The Morgan fingerprint density at radius 3 is 1.31 bits per heavy atom. The molecule has 322 valence electrons. The zero-order chi connectivity index (χ0) is 39.6. The fraction of sp³-hybridized carbons (Fsp3) is 0.933. The quantitative estimate of drug-likeness (QED) is 0.0275. The standard InChI is InChI=1S/C45H91N2O6P/c1-3-5-7-9-11-13-15-17-19-20-21-22-23-25-27-29-31-33-35-37-39-45(49)47-43(42-53-54(50,51)52-41-40-46)44(48)38-36-34-32-30-28-26-24-18-16-14-12-10-8-6-4-2/h36,38,43-44,48H,3-35,37,39-42,46H2,1-2H3,(H,47,49)(H,50,51)/b38-36+. The van der Waals surface area contributed by atoms with Gasteiger partial charge >= 0.3 is 7.82 Å². The molecular weight excluding hydrogens is 695 g/mol. The topological polar surface area (TPSA) is 131 Å². The van der Waals surface area contributed by atoms with E-state index >= 15 is 0 Å². The first kappa shape index (κ1) is 53.2. The molecule has 1 amide bonds. The molecule has 0 saturated carbocycles. The minimum absolute atomic E-state index is 0.0815. The van der Waals surface area contributed by atoms with Crippen molar-refractivity contribution in [2.24, 2.45) is 5.73 Å². The molecule has 3 unspecified atom stereocenters. The Morgan fingerprint density at radius 1 is 0.593 bits per heavy atom. The number of nitrogens with one attached hydrogen (secondary N) is 1. The van der Waals surface area contributed by atoms with E-state index in [9.17, 15) is 19.4 Å². The predicted octanol–water partition coefficient (Wildman–Crippen LogP) is 13.2. The summed E-state index contributed by atoms with van der Waals surface area (Å²) in [6.07, 6.45) is 46.9. The fourth-order valence-corrected chi connectivity index (χ4v) is 7.83. The maximum absolute atomic E-state index is 12.8. The summed E-state index contributed by atoms with van der Waals surface area (Å²) in [5, 5.41) is 13.7. The number of carbonyl (C=O) groups excluding carboxylic acids is 1. The summed E-state index contributed by atoms with van der Waals surface area (Å²) < 4.78 is 22.2. The van der Waals surface area contributed by atoms with Gasteiger partial charge in [0.2, 0.25) is 5.91 Å². The van der Waals surface area contributed by atoms with Crippen LogP contribution in [0.5, 0.6) is 0 Å². The number of hydrogen-bond donors (Lipinski definition) is 4. The van der Waals surface area contributed by atoms with E-state index in [1.165, 1.54) is 180 Å². The molecule has 0 aromatic carbocycles. The monoisotopic (exact) mass is 787 g/mol. The average molecular weight is 787 g/mol. The van der Waals surface area contributed by atoms with Gasteiger partial charge in [-0.15, -0.1) is 0 Å². The number of aliphatic hydroxyl groups excluding tert-OH is 1. The maximum Gasteiger partial charge on any atom is 0.472 e. The second-order valence-corrected chi connectivity index (χ2v) is 17.4. The van der Waals surface area contributed by atoms with Crippen molar-refractivity contribution >= 4 is 13.7 Å². The lowest BCUT2D eigenvalue weighted by Crippen LogP contribution is -2.45. The zero-order valence-electron chi connectivity index (χ0n) is 35.7. The molecule has 0 fully saturated rings. The molecular formula is C45H91N2O6P. The van der Waals surface area contributed by atoms with E-state index in [0.29, 0.717) is 6.42 Å². The molecule has 0 aromatic heterocycles. The summed E-state index contributed by atoms with van der Waals surface area (Å²) in [5.74, 6) is -0.189. The Labute approximate surface area is 335 Å². The van der Waals surface area contributed by atoms with Gasteiger partial charge in [0.15, 0.2) is 0 Å². The van der Waals surface area contributed by atoms with Crippen molar-refractivity contribution in [2.45, 2.75) is 251 Å². The minimum Gasteiger partial charge on any atom is -0.387 e. The molecule has 3 atom stereocenters. The van der Waals surface area contributed by atoms with Gasteiger partial charge in [0.05, 0.1) is 25.4 Å². The molecule has 5 N–H and O–H groups in total. The summed E-state index contributed by atoms with van der Waals surface area (Å²) in [7, 11) is -4.33. The number of hydrogen-bond acceptors (Lipinski definition) is 6. The van der Waals surface area contributed by atoms with Gasteiger partial charge in [0.1, 0.15) is 0 Å². The summed E-state index contributed by atoms with van der Waals surface area (Å²) in [6.45, 7) is 4.17. The van der Waals surface area contributed by atoms with Crippen LogP contribution in [0.2, 0.25) is 0 Å². The van der Waals surface area contributed by atoms with Gasteiger partial charge in [-0.1, -0.05) is 225 Å². The third-order valence-corrected chi connectivity index (χ3v) is 11.6. The normalized spacial score (nSPS) is 14.1. The molecule has 0 aliphatic heterocycles. The Kier molecular flexibility index (Phi) is 41.3. The van der Waals surface area contributed by atoms with Crippen LogP contribution in [0.3, 0.4) is 0 Å². The maximum atomic E-state index is 12.8. The lowest BCUT2D eigenvalue weighted by atomic mass is 10.0. The highest BCUT2D eigenvalue weighted by Gasteiger charge is 2.26. The van der Waals surface area contributed by atoms with E-state index in [1.807, 2.05) is 6.08 Å². The Hall–Kier alpha value is -0.760. The molecule has 0 heterocycles. The molecule has 8 nitrogen and oxygen atoms in total. The number of phosphoric acid groups is 1. The Balaban J connectivity index is 4.11. The lowest BCUT2D eigenvalue weighted by molar-refractivity contribution is -0.123. The first-order valence-corrected chi connectivity index (χ1v) is 24.8. The summed E-state index contributed by atoms with van der Waals surface area (Å²) >= 11 is 0. The van der Waals surface area contributed by atoms with E-state index in [4.69, 9.17) is 14.8 Å². The van der Waals surface area contributed by atoms with Crippen molar-refractivity contribution in [3.8, 4) is 0 Å². The Bertz CT molecular complexity index is 860. The molecule has 0 saturated heterocycles. The number of unbranched alkanes of at least 4 members (excludes halogenated alkanes) is 32. The fourth-order valence-electron chi connectivity index (χ4n) is 7.07. The van der Waals surface area contributed by atoms with Gasteiger partial charge in [-0.25, -0.2) is 4.57 Å². The van der Waals surface area contributed by atoms with Crippen LogP contribution in [0.1, 0.15) is 239 Å². The highest BCUT2D eigenvalue weighted by molar-refractivity contribution is 7.47. The van der Waals surface area contributed by atoms with Crippen molar-refractivity contribution < 1.29 is 28.4 Å². The van der Waals surface area contributed by atoms with Crippen LogP contribution in [0.15, 0.2) is 12.2 Å². The summed E-state index contributed by atoms with van der Waals surface area (Å²) in [5.41, 5.74) is 5.38. The van der Waals surface area contributed by atoms with Crippen molar-refractivity contribution in [2.75, 3.05) is 19.8 Å². The van der Waals surface area contributed by atoms with E-state index in [2.05, 4.69) is 19.2 Å². The molecule has 0 radical (unpaired) electrons. The van der Waals surface area contributed by atoms with Gasteiger partial charge in [-0.05, 0) is 19.3 Å². The Morgan fingerprint density at radius 2 is 0.944 bits per heavy atom. The second-order valence-electron chi connectivity index (χ2n) is 16.0. The molecule has 0 aliphatic carbocycles. The minimum atomic E-state index is -4.33. The number of allylic oxidation sites excluding steroid dienone is 1. The number of phosphoric ester groups is 1. The third kappa shape index (κ3) is 39.5. The molecule has 0 bridgehead atoms. The molecule has 9 heteroatoms.